The summed E-state index contributed by atoms with van der Waals surface area (Å²) < 4.78 is 12.9. The predicted molar refractivity (Wildman–Crippen MR) is 107 cm³/mol. The first-order valence-corrected chi connectivity index (χ1v) is 9.91. The van der Waals surface area contributed by atoms with Crippen molar-refractivity contribution in [1.29, 1.82) is 0 Å². The van der Waals surface area contributed by atoms with Gasteiger partial charge in [-0.2, -0.15) is 0 Å². The van der Waals surface area contributed by atoms with E-state index < -0.39 is 11.6 Å². The molecule has 0 aromatic heterocycles. The molecule has 9 nitrogen and oxygen atoms in total. The van der Waals surface area contributed by atoms with Crippen LogP contribution in [0.5, 0.6) is 0 Å². The minimum Gasteiger partial charge on any atom is -0.339 e. The monoisotopic (exact) mass is 419 g/mol. The minimum absolute atomic E-state index is 0.154. The van der Waals surface area contributed by atoms with Crippen LogP contribution in [0.15, 0.2) is 24.3 Å². The fourth-order valence-electron chi connectivity index (χ4n) is 3.46. The van der Waals surface area contributed by atoms with Crippen LogP contribution in [0.2, 0.25) is 0 Å². The molecule has 2 fully saturated rings. The number of nitrogens with zero attached hydrogens (tertiary/aromatic N) is 3. The van der Waals surface area contributed by atoms with E-state index >= 15 is 0 Å². The van der Waals surface area contributed by atoms with Gasteiger partial charge in [-0.1, -0.05) is 6.92 Å². The largest absolute Gasteiger partial charge is 0.339 e. The van der Waals surface area contributed by atoms with E-state index in [4.69, 9.17) is 0 Å². The molecule has 2 aliphatic rings. The summed E-state index contributed by atoms with van der Waals surface area (Å²) in [6.07, 6.45) is 0.445. The molecular weight excluding hydrogens is 393 g/mol. The smallest absolute Gasteiger partial charge is 0.325 e. The summed E-state index contributed by atoms with van der Waals surface area (Å²) in [4.78, 5) is 53.7. The molecular formula is C20H26FN5O4. The average molecular weight is 419 g/mol. The molecule has 0 saturated carbocycles. The van der Waals surface area contributed by atoms with E-state index in [0.29, 0.717) is 38.3 Å². The van der Waals surface area contributed by atoms with Gasteiger partial charge in [0.2, 0.25) is 11.8 Å². The maximum absolute atomic E-state index is 12.9. The number of hydrogen-bond donors (Lipinski definition) is 2. The van der Waals surface area contributed by atoms with Crippen molar-refractivity contribution in [3.05, 3.63) is 30.1 Å². The van der Waals surface area contributed by atoms with Crippen LogP contribution >= 0.6 is 0 Å². The summed E-state index contributed by atoms with van der Waals surface area (Å²) in [6, 6.07) is 4.98. The molecule has 0 spiro atoms. The maximum atomic E-state index is 12.9. The number of carbonyl (C=O) groups is 4. The zero-order valence-corrected chi connectivity index (χ0v) is 17.1. The normalized spacial score (nSPS) is 22.2. The number of imide groups is 1. The van der Waals surface area contributed by atoms with E-state index in [0.717, 1.165) is 4.90 Å². The molecule has 30 heavy (non-hydrogen) atoms. The lowest BCUT2D eigenvalue weighted by Gasteiger charge is -2.34. The van der Waals surface area contributed by atoms with Gasteiger partial charge in [0.05, 0.1) is 6.54 Å². The Morgan fingerprint density at radius 3 is 2.30 bits per heavy atom. The highest BCUT2D eigenvalue weighted by molar-refractivity contribution is 6.08. The number of urea groups is 1. The van der Waals surface area contributed by atoms with Gasteiger partial charge in [-0.25, -0.2) is 9.18 Å². The SMILES string of the molecule is CC[C@@]1(C)NC(=O)N(CC(=O)N2CCN(CC(=O)Nc3ccc(F)cc3)CC2)C1=O. The van der Waals surface area contributed by atoms with Gasteiger partial charge in [0.15, 0.2) is 0 Å². The molecule has 10 heteroatoms. The van der Waals surface area contributed by atoms with Crippen molar-refractivity contribution in [3.63, 3.8) is 0 Å². The number of rotatable bonds is 6. The van der Waals surface area contributed by atoms with Crippen molar-refractivity contribution < 1.29 is 23.6 Å². The summed E-state index contributed by atoms with van der Waals surface area (Å²) in [5, 5.41) is 5.34. The van der Waals surface area contributed by atoms with Crippen molar-refractivity contribution in [2.24, 2.45) is 0 Å². The van der Waals surface area contributed by atoms with E-state index in [2.05, 4.69) is 10.6 Å². The quantitative estimate of drug-likeness (QED) is 0.659. The summed E-state index contributed by atoms with van der Waals surface area (Å²) in [5.74, 6) is -1.28. The Morgan fingerprint density at radius 2 is 1.73 bits per heavy atom. The number of amides is 5. The molecule has 1 atom stereocenters. The Hall–Kier alpha value is -3.01. The van der Waals surface area contributed by atoms with Gasteiger partial charge in [-0.05, 0) is 37.6 Å². The lowest BCUT2D eigenvalue weighted by atomic mass is 9.99. The fourth-order valence-corrected chi connectivity index (χ4v) is 3.46. The number of hydrogen-bond acceptors (Lipinski definition) is 5. The van der Waals surface area contributed by atoms with Gasteiger partial charge in [-0.3, -0.25) is 24.2 Å². The minimum atomic E-state index is -0.964. The van der Waals surface area contributed by atoms with Gasteiger partial charge < -0.3 is 15.5 Å². The average Bonchev–Trinajstić information content (AvgIpc) is 2.93. The van der Waals surface area contributed by atoms with E-state index in [1.165, 1.54) is 24.3 Å². The second-order valence-corrected chi connectivity index (χ2v) is 7.72. The van der Waals surface area contributed by atoms with Gasteiger partial charge in [0.25, 0.3) is 5.91 Å². The van der Waals surface area contributed by atoms with Crippen molar-refractivity contribution in [3.8, 4) is 0 Å². The number of benzene rings is 1. The lowest BCUT2D eigenvalue weighted by molar-refractivity contribution is -0.139. The third kappa shape index (κ3) is 4.76. The Labute approximate surface area is 174 Å². The molecule has 162 valence electrons. The number of anilines is 1. The highest BCUT2D eigenvalue weighted by atomic mass is 19.1. The van der Waals surface area contributed by atoms with Crippen LogP contribution in [-0.2, 0) is 14.4 Å². The molecule has 1 aromatic carbocycles. The molecule has 5 amide bonds. The number of carbonyl (C=O) groups excluding carboxylic acids is 4. The van der Waals surface area contributed by atoms with E-state index in [-0.39, 0.29) is 36.6 Å². The van der Waals surface area contributed by atoms with Crippen molar-refractivity contribution in [2.75, 3.05) is 44.6 Å². The van der Waals surface area contributed by atoms with Crippen LogP contribution in [0.1, 0.15) is 20.3 Å². The highest BCUT2D eigenvalue weighted by Crippen LogP contribution is 2.20. The van der Waals surface area contributed by atoms with E-state index in [1.54, 1.807) is 18.7 Å². The first kappa shape index (κ1) is 21.7. The molecule has 0 radical (unpaired) electrons. The number of piperazine rings is 1. The van der Waals surface area contributed by atoms with Crippen LogP contribution in [0.3, 0.4) is 0 Å². The van der Waals surface area contributed by atoms with Crippen molar-refractivity contribution in [1.82, 2.24) is 20.0 Å². The van der Waals surface area contributed by atoms with Crippen molar-refractivity contribution in [2.45, 2.75) is 25.8 Å². The summed E-state index contributed by atoms with van der Waals surface area (Å²) >= 11 is 0. The summed E-state index contributed by atoms with van der Waals surface area (Å²) in [6.45, 7) is 5.11. The second kappa shape index (κ2) is 8.78. The Morgan fingerprint density at radius 1 is 1.10 bits per heavy atom. The van der Waals surface area contributed by atoms with Gasteiger partial charge in [0.1, 0.15) is 17.9 Å². The first-order valence-electron chi connectivity index (χ1n) is 9.91. The zero-order valence-electron chi connectivity index (χ0n) is 17.1. The molecule has 0 aliphatic carbocycles. The molecule has 1 aromatic rings. The molecule has 2 N–H and O–H groups in total. The van der Waals surface area contributed by atoms with Gasteiger partial charge >= 0.3 is 6.03 Å². The van der Waals surface area contributed by atoms with E-state index in [1.807, 2.05) is 4.90 Å². The summed E-state index contributed by atoms with van der Waals surface area (Å²) in [7, 11) is 0. The van der Waals surface area contributed by atoms with Crippen LogP contribution in [-0.4, -0.2) is 83.3 Å². The second-order valence-electron chi connectivity index (χ2n) is 7.72. The molecule has 3 rings (SSSR count). The third-order valence-corrected chi connectivity index (χ3v) is 5.57. The molecule has 0 unspecified atom stereocenters. The Balaban J connectivity index is 1.45. The Kier molecular flexibility index (Phi) is 6.35. The van der Waals surface area contributed by atoms with Gasteiger partial charge in [0, 0.05) is 31.9 Å². The number of halogens is 1. The molecule has 2 saturated heterocycles. The lowest BCUT2D eigenvalue weighted by Crippen LogP contribution is -2.53. The fraction of sp³-hybridized carbons (Fsp3) is 0.500. The Bertz CT molecular complexity index is 838. The first-order chi connectivity index (χ1) is 14.2. The summed E-state index contributed by atoms with van der Waals surface area (Å²) in [5.41, 5.74) is -0.448. The van der Waals surface area contributed by atoms with Crippen LogP contribution < -0.4 is 10.6 Å². The predicted octanol–water partition coefficient (Wildman–Crippen LogP) is 0.629. The molecule has 2 heterocycles. The van der Waals surface area contributed by atoms with Gasteiger partial charge in [-0.15, -0.1) is 0 Å². The van der Waals surface area contributed by atoms with Crippen LogP contribution in [0, 0.1) is 5.82 Å². The third-order valence-electron chi connectivity index (χ3n) is 5.57. The number of nitrogens with one attached hydrogen (secondary N) is 2. The highest BCUT2D eigenvalue weighted by Gasteiger charge is 2.47. The maximum Gasteiger partial charge on any atom is 0.325 e. The zero-order chi connectivity index (χ0) is 21.9. The molecule has 2 aliphatic heterocycles. The van der Waals surface area contributed by atoms with Crippen LogP contribution in [0.4, 0.5) is 14.9 Å². The topological polar surface area (TPSA) is 102 Å². The van der Waals surface area contributed by atoms with Crippen molar-refractivity contribution >= 4 is 29.4 Å². The van der Waals surface area contributed by atoms with Crippen LogP contribution in [0.25, 0.3) is 0 Å². The molecule has 0 bridgehead atoms. The standard InChI is InChI=1S/C20H26FN5O4/c1-3-20(2)18(29)26(19(30)23-20)13-17(28)25-10-8-24(9-11-25)12-16(27)22-15-6-4-14(21)5-7-15/h4-7H,3,8-13H2,1-2H3,(H,22,27)(H,23,30)/t20-/m1/s1. The van der Waals surface area contributed by atoms with E-state index in [9.17, 15) is 23.6 Å².